The summed E-state index contributed by atoms with van der Waals surface area (Å²) in [5.74, 6) is -1.14. The fourth-order valence-electron chi connectivity index (χ4n) is 4.35. The van der Waals surface area contributed by atoms with Crippen LogP contribution in [-0.4, -0.2) is 30.1 Å². The Hall–Kier alpha value is -5.10. The van der Waals surface area contributed by atoms with Gasteiger partial charge in [-0.15, -0.1) is 10.2 Å². The Kier molecular flexibility index (Phi) is 7.25. The molecule has 2 heterocycles. The molecule has 1 amide bonds. The first kappa shape index (κ1) is 26.5. The van der Waals surface area contributed by atoms with E-state index in [0.717, 1.165) is 0 Å². The molecule has 40 heavy (non-hydrogen) atoms. The highest BCUT2D eigenvalue weighted by atomic mass is 32.1. The maximum Gasteiger partial charge on any atom is 0.295 e. The SMILES string of the molecule is Cc1c(NC(=S)N=Nc2c(O)n(CC(=O)Nc3ccc(F)cc3)c3ccccc23)c(=O)n(-c2ccccc2)n1C. The second-order valence-corrected chi connectivity index (χ2v) is 9.28. The second kappa shape index (κ2) is 10.9. The van der Waals surface area contributed by atoms with Crippen molar-refractivity contribution in [2.45, 2.75) is 13.5 Å². The number of para-hydroxylation sites is 2. The molecule has 0 saturated carbocycles. The maximum atomic E-state index is 13.2. The summed E-state index contributed by atoms with van der Waals surface area (Å²) in [5, 5.41) is 25.2. The van der Waals surface area contributed by atoms with Gasteiger partial charge < -0.3 is 20.3 Å². The molecule has 5 rings (SSSR count). The highest BCUT2D eigenvalue weighted by Gasteiger charge is 2.20. The number of aromatic nitrogens is 3. The van der Waals surface area contributed by atoms with Crippen molar-refractivity contribution in [3.8, 4) is 11.6 Å². The number of rotatable bonds is 6. The van der Waals surface area contributed by atoms with E-state index in [9.17, 15) is 19.1 Å². The topological polar surface area (TPSA) is 118 Å². The van der Waals surface area contributed by atoms with Crippen LogP contribution < -0.4 is 16.2 Å². The minimum Gasteiger partial charge on any atom is -0.493 e. The lowest BCUT2D eigenvalue weighted by Gasteiger charge is -2.08. The standard InChI is InChI=1S/C28H24FN7O3S/c1-17-24(27(39)36(34(17)2)20-8-4-3-5-9-20)31-28(40)33-32-25-21-10-6-7-11-22(21)35(26(25)38)16-23(37)30-19-14-12-18(29)13-15-19/h3-15,38H,16H2,1-2H3,(H,30,37)(H,31,40). The van der Waals surface area contributed by atoms with Crippen LogP contribution >= 0.6 is 12.2 Å². The van der Waals surface area contributed by atoms with Gasteiger partial charge in [-0.25, -0.2) is 9.07 Å². The molecule has 5 aromatic rings. The van der Waals surface area contributed by atoms with E-state index in [1.165, 1.54) is 33.5 Å². The van der Waals surface area contributed by atoms with E-state index in [1.807, 2.05) is 30.3 Å². The molecule has 0 aliphatic heterocycles. The molecule has 0 aliphatic rings. The van der Waals surface area contributed by atoms with Gasteiger partial charge in [0.2, 0.25) is 16.9 Å². The van der Waals surface area contributed by atoms with Gasteiger partial charge in [0.1, 0.15) is 18.0 Å². The molecule has 2 aromatic heterocycles. The van der Waals surface area contributed by atoms with E-state index in [2.05, 4.69) is 20.9 Å². The molecule has 0 spiro atoms. The van der Waals surface area contributed by atoms with Crippen LogP contribution in [0.25, 0.3) is 16.6 Å². The Bertz CT molecular complexity index is 1820. The van der Waals surface area contributed by atoms with Crippen molar-refractivity contribution in [2.24, 2.45) is 17.3 Å². The van der Waals surface area contributed by atoms with E-state index < -0.39 is 11.7 Å². The first-order valence-electron chi connectivity index (χ1n) is 12.2. The number of nitrogens with one attached hydrogen (secondary N) is 2. The molecule has 12 heteroatoms. The van der Waals surface area contributed by atoms with Crippen LogP contribution in [0.5, 0.6) is 5.88 Å². The predicted molar refractivity (Wildman–Crippen MR) is 155 cm³/mol. The van der Waals surface area contributed by atoms with Gasteiger partial charge in [-0.05, 0) is 61.6 Å². The van der Waals surface area contributed by atoms with Crippen LogP contribution in [0.1, 0.15) is 5.69 Å². The molecule has 3 aromatic carbocycles. The zero-order valence-corrected chi connectivity index (χ0v) is 22.3. The summed E-state index contributed by atoms with van der Waals surface area (Å²) in [6, 6.07) is 21.5. The average molecular weight is 558 g/mol. The van der Waals surface area contributed by atoms with Crippen LogP contribution in [0.4, 0.5) is 21.5 Å². The van der Waals surface area contributed by atoms with E-state index in [4.69, 9.17) is 12.2 Å². The van der Waals surface area contributed by atoms with E-state index in [1.54, 1.807) is 42.9 Å². The van der Waals surface area contributed by atoms with Gasteiger partial charge in [-0.2, -0.15) is 0 Å². The number of carbonyl (C=O) groups is 1. The fourth-order valence-corrected chi connectivity index (χ4v) is 4.49. The summed E-state index contributed by atoms with van der Waals surface area (Å²) in [6.07, 6.45) is 0. The van der Waals surface area contributed by atoms with Crippen LogP contribution in [0.15, 0.2) is 93.9 Å². The van der Waals surface area contributed by atoms with Crippen molar-refractivity contribution in [3.05, 3.63) is 101 Å². The van der Waals surface area contributed by atoms with Gasteiger partial charge in [0.05, 0.1) is 16.9 Å². The number of halogens is 1. The van der Waals surface area contributed by atoms with Crippen molar-refractivity contribution in [1.29, 1.82) is 0 Å². The minimum atomic E-state index is -0.433. The molecule has 0 bridgehead atoms. The average Bonchev–Trinajstić information content (AvgIpc) is 3.33. The van der Waals surface area contributed by atoms with Crippen molar-refractivity contribution in [1.82, 2.24) is 13.9 Å². The first-order valence-corrected chi connectivity index (χ1v) is 12.6. The predicted octanol–water partition coefficient (Wildman–Crippen LogP) is 5.40. The van der Waals surface area contributed by atoms with E-state index in [0.29, 0.717) is 28.0 Å². The number of thiocarbonyl (C=S) groups is 1. The highest BCUT2D eigenvalue weighted by molar-refractivity contribution is 7.80. The molecule has 10 nitrogen and oxygen atoms in total. The summed E-state index contributed by atoms with van der Waals surface area (Å²) in [5.41, 5.74) is 2.35. The molecule has 202 valence electrons. The zero-order chi connectivity index (χ0) is 28.4. The summed E-state index contributed by atoms with van der Waals surface area (Å²) >= 11 is 5.34. The number of amides is 1. The number of hydrogen-bond donors (Lipinski definition) is 3. The van der Waals surface area contributed by atoms with Crippen molar-refractivity contribution in [3.63, 3.8) is 0 Å². The number of hydrogen-bond acceptors (Lipinski definition) is 5. The zero-order valence-electron chi connectivity index (χ0n) is 21.5. The Balaban J connectivity index is 1.39. The summed E-state index contributed by atoms with van der Waals surface area (Å²) in [7, 11) is 1.76. The smallest absolute Gasteiger partial charge is 0.295 e. The molecule has 0 atom stereocenters. The summed E-state index contributed by atoms with van der Waals surface area (Å²) in [6.45, 7) is 1.55. The lowest BCUT2D eigenvalue weighted by molar-refractivity contribution is -0.116. The third-order valence-corrected chi connectivity index (χ3v) is 6.56. The highest BCUT2D eigenvalue weighted by Crippen LogP contribution is 2.38. The van der Waals surface area contributed by atoms with Gasteiger partial charge in [-0.3, -0.25) is 14.3 Å². The molecule has 0 saturated heterocycles. The normalized spacial score (nSPS) is 11.3. The molecular weight excluding hydrogens is 533 g/mol. The molecule has 0 aliphatic carbocycles. The lowest BCUT2D eigenvalue weighted by atomic mass is 10.2. The van der Waals surface area contributed by atoms with Crippen LogP contribution in [0.3, 0.4) is 0 Å². The van der Waals surface area contributed by atoms with Crippen molar-refractivity contribution in [2.75, 3.05) is 10.6 Å². The first-order chi connectivity index (χ1) is 19.2. The fraction of sp³-hybridized carbons (Fsp3) is 0.107. The second-order valence-electron chi connectivity index (χ2n) is 8.90. The summed E-state index contributed by atoms with van der Waals surface area (Å²) in [4.78, 5) is 25.8. The monoisotopic (exact) mass is 557 g/mol. The van der Waals surface area contributed by atoms with Crippen LogP contribution in [0.2, 0.25) is 0 Å². The third-order valence-electron chi connectivity index (χ3n) is 6.37. The number of azo groups is 1. The number of nitrogens with zero attached hydrogens (tertiary/aromatic N) is 5. The number of carbonyl (C=O) groups excluding carboxylic acids is 1. The molecular formula is C28H24FN7O3S. The largest absolute Gasteiger partial charge is 0.493 e. The Morgan fingerprint density at radius 3 is 2.40 bits per heavy atom. The third kappa shape index (κ3) is 5.12. The lowest BCUT2D eigenvalue weighted by Crippen LogP contribution is -2.21. The maximum absolute atomic E-state index is 13.2. The molecule has 0 fully saturated rings. The molecule has 0 unspecified atom stereocenters. The van der Waals surface area contributed by atoms with Crippen molar-refractivity contribution >= 4 is 51.2 Å². The van der Waals surface area contributed by atoms with E-state index in [-0.39, 0.29) is 34.5 Å². The van der Waals surface area contributed by atoms with Gasteiger partial charge in [-0.1, -0.05) is 36.4 Å². The Morgan fingerprint density at radius 1 is 1.00 bits per heavy atom. The van der Waals surface area contributed by atoms with Crippen LogP contribution in [-0.2, 0) is 18.4 Å². The number of fused-ring (bicyclic) bond motifs is 1. The summed E-state index contributed by atoms with van der Waals surface area (Å²) < 4.78 is 17.8. The number of benzene rings is 3. The molecule has 3 N–H and O–H groups in total. The number of anilines is 2. The quantitative estimate of drug-likeness (QED) is 0.191. The molecule has 0 radical (unpaired) electrons. The van der Waals surface area contributed by atoms with Crippen molar-refractivity contribution < 1.29 is 14.3 Å². The minimum absolute atomic E-state index is 0.0868. The van der Waals surface area contributed by atoms with Crippen LogP contribution in [0, 0.1) is 12.7 Å². The van der Waals surface area contributed by atoms with Gasteiger partial charge in [0, 0.05) is 18.1 Å². The number of aromatic hydroxyl groups is 1. The van der Waals surface area contributed by atoms with E-state index >= 15 is 0 Å². The van der Waals surface area contributed by atoms with Gasteiger partial charge in [0.15, 0.2) is 5.69 Å². The van der Waals surface area contributed by atoms with Gasteiger partial charge >= 0.3 is 0 Å². The van der Waals surface area contributed by atoms with Gasteiger partial charge in [0.25, 0.3) is 5.56 Å². The Morgan fingerprint density at radius 2 is 1.68 bits per heavy atom. The Labute approximate surface area is 233 Å².